The van der Waals surface area contributed by atoms with Crippen molar-refractivity contribution >= 4 is 13.8 Å². The van der Waals surface area contributed by atoms with Crippen LogP contribution in [0.25, 0.3) is 0 Å². The molecule has 2 atom stereocenters. The maximum Gasteiger partial charge on any atom is 0.472 e. The minimum atomic E-state index is -4.24. The average molecular weight is 566 g/mol. The van der Waals surface area contributed by atoms with Crippen molar-refractivity contribution in [2.24, 2.45) is 5.73 Å². The maximum atomic E-state index is 11.8. The molecule has 0 heterocycles. The minimum absolute atomic E-state index is 0.0770. The van der Waals surface area contributed by atoms with Gasteiger partial charge < -0.3 is 20.5 Å². The predicted molar refractivity (Wildman–Crippen MR) is 155 cm³/mol. The summed E-state index contributed by atoms with van der Waals surface area (Å²) in [7, 11) is -4.24. The molecular formula is C29H60NO7P. The molecule has 38 heavy (non-hydrogen) atoms. The topological polar surface area (TPSA) is 128 Å². The number of aliphatic hydroxyl groups excluding tert-OH is 1. The molecule has 0 spiro atoms. The van der Waals surface area contributed by atoms with E-state index in [1.807, 2.05) is 0 Å². The van der Waals surface area contributed by atoms with Crippen molar-refractivity contribution in [2.45, 2.75) is 154 Å². The van der Waals surface area contributed by atoms with Gasteiger partial charge in [-0.3, -0.25) is 13.8 Å². The Morgan fingerprint density at radius 1 is 0.684 bits per heavy atom. The van der Waals surface area contributed by atoms with E-state index in [0.717, 1.165) is 19.3 Å². The van der Waals surface area contributed by atoms with E-state index in [-0.39, 0.29) is 25.7 Å². The van der Waals surface area contributed by atoms with Crippen LogP contribution in [0.2, 0.25) is 0 Å². The van der Waals surface area contributed by atoms with Crippen LogP contribution in [0.4, 0.5) is 0 Å². The average Bonchev–Trinajstić information content (AvgIpc) is 2.90. The van der Waals surface area contributed by atoms with E-state index >= 15 is 0 Å². The van der Waals surface area contributed by atoms with Crippen LogP contribution in [-0.2, 0) is 23.1 Å². The summed E-state index contributed by atoms with van der Waals surface area (Å²) in [6.07, 6.45) is 26.8. The second-order valence-corrected chi connectivity index (χ2v) is 12.0. The Labute approximate surface area is 233 Å². The first-order valence-electron chi connectivity index (χ1n) is 15.6. The molecule has 0 bridgehead atoms. The van der Waals surface area contributed by atoms with Gasteiger partial charge in [-0.15, -0.1) is 0 Å². The lowest BCUT2D eigenvalue weighted by atomic mass is 10.0. The van der Waals surface area contributed by atoms with Gasteiger partial charge in [0.25, 0.3) is 0 Å². The van der Waals surface area contributed by atoms with Crippen LogP contribution in [0.5, 0.6) is 0 Å². The number of phosphoric ester groups is 1. The lowest BCUT2D eigenvalue weighted by Gasteiger charge is -2.15. The number of aliphatic hydroxyl groups is 1. The number of hydrogen-bond donors (Lipinski definition) is 3. The minimum Gasteiger partial charge on any atom is -0.463 e. The smallest absolute Gasteiger partial charge is 0.463 e. The van der Waals surface area contributed by atoms with Crippen LogP contribution >= 0.6 is 7.82 Å². The summed E-state index contributed by atoms with van der Waals surface area (Å²) in [5, 5.41) is 9.72. The predicted octanol–water partition coefficient (Wildman–Crippen LogP) is 7.58. The number of ether oxygens (including phenoxy) is 1. The summed E-state index contributed by atoms with van der Waals surface area (Å²) >= 11 is 0. The second-order valence-electron chi connectivity index (χ2n) is 10.5. The third kappa shape index (κ3) is 28.5. The van der Waals surface area contributed by atoms with Crippen LogP contribution in [-0.4, -0.2) is 48.4 Å². The van der Waals surface area contributed by atoms with Crippen molar-refractivity contribution in [1.29, 1.82) is 0 Å². The monoisotopic (exact) mass is 565 g/mol. The number of carbonyl (C=O) groups is 1. The SMILES string of the molecule is CCCCCCCCCCCCCCCCCCCCCCCC(=O)OC[C@@H](O)COP(=O)(O)OCCN. The first kappa shape index (κ1) is 37.5. The molecule has 0 aliphatic heterocycles. The standard InChI is InChI=1S/C29H60NO7P/c1-2-3-4-5-6-7-8-9-10-11-12-13-14-15-16-17-18-19-20-21-22-23-29(32)35-26-28(31)27-37-38(33,34)36-25-24-30/h28,31H,2-27,30H2,1H3,(H,33,34)/t28-/m1/s1. The number of carbonyl (C=O) groups excluding carboxylic acids is 1. The molecule has 0 rings (SSSR count). The van der Waals surface area contributed by atoms with E-state index in [9.17, 15) is 19.4 Å². The largest absolute Gasteiger partial charge is 0.472 e. The molecule has 4 N–H and O–H groups in total. The van der Waals surface area contributed by atoms with Crippen molar-refractivity contribution in [3.05, 3.63) is 0 Å². The van der Waals surface area contributed by atoms with E-state index in [4.69, 9.17) is 10.5 Å². The van der Waals surface area contributed by atoms with E-state index < -0.39 is 20.5 Å². The highest BCUT2D eigenvalue weighted by atomic mass is 31.2. The lowest BCUT2D eigenvalue weighted by molar-refractivity contribution is -0.147. The van der Waals surface area contributed by atoms with Gasteiger partial charge in [0.1, 0.15) is 12.7 Å². The van der Waals surface area contributed by atoms with Crippen LogP contribution in [0.1, 0.15) is 148 Å². The Kier molecular flexibility index (Phi) is 27.7. The third-order valence-electron chi connectivity index (χ3n) is 6.72. The molecule has 0 aromatic heterocycles. The summed E-state index contributed by atoms with van der Waals surface area (Å²) in [4.78, 5) is 21.1. The second kappa shape index (κ2) is 28.0. The van der Waals surface area contributed by atoms with E-state index in [2.05, 4.69) is 16.0 Å². The van der Waals surface area contributed by atoms with Gasteiger partial charge in [-0.2, -0.15) is 0 Å². The molecule has 1 unspecified atom stereocenters. The van der Waals surface area contributed by atoms with Crippen molar-refractivity contribution < 1.29 is 33.1 Å². The van der Waals surface area contributed by atoms with Gasteiger partial charge in [-0.05, 0) is 6.42 Å². The fraction of sp³-hybridized carbons (Fsp3) is 0.966. The molecule has 0 radical (unpaired) electrons. The number of unbranched alkanes of at least 4 members (excludes halogenated alkanes) is 20. The van der Waals surface area contributed by atoms with Gasteiger partial charge in [-0.1, -0.05) is 135 Å². The molecule has 0 saturated carbocycles. The molecule has 0 aromatic rings. The normalized spacial score (nSPS) is 13.9. The summed E-state index contributed by atoms with van der Waals surface area (Å²) in [5.41, 5.74) is 5.18. The van der Waals surface area contributed by atoms with E-state index in [0.29, 0.717) is 6.42 Å². The Balaban J connectivity index is 3.32. The zero-order chi connectivity index (χ0) is 28.2. The zero-order valence-electron chi connectivity index (χ0n) is 24.4. The number of rotatable bonds is 30. The Bertz CT molecular complexity index is 565. The molecule has 8 nitrogen and oxygen atoms in total. The molecule has 0 aliphatic carbocycles. The fourth-order valence-electron chi connectivity index (χ4n) is 4.40. The molecule has 9 heteroatoms. The highest BCUT2D eigenvalue weighted by Crippen LogP contribution is 2.42. The first-order valence-corrected chi connectivity index (χ1v) is 17.1. The number of hydrogen-bond acceptors (Lipinski definition) is 7. The van der Waals surface area contributed by atoms with Crippen molar-refractivity contribution in [2.75, 3.05) is 26.4 Å². The third-order valence-corrected chi connectivity index (χ3v) is 7.71. The number of phosphoric acid groups is 1. The van der Waals surface area contributed by atoms with Gasteiger partial charge in [0.05, 0.1) is 13.2 Å². The summed E-state index contributed by atoms with van der Waals surface area (Å²) in [6.45, 7) is 1.48. The number of nitrogens with two attached hydrogens (primary N) is 1. The maximum absolute atomic E-state index is 11.8. The Morgan fingerprint density at radius 3 is 1.47 bits per heavy atom. The van der Waals surface area contributed by atoms with Crippen molar-refractivity contribution in [3.63, 3.8) is 0 Å². The first-order chi connectivity index (χ1) is 18.4. The van der Waals surface area contributed by atoms with Crippen molar-refractivity contribution in [3.8, 4) is 0 Å². The van der Waals surface area contributed by atoms with Gasteiger partial charge in [0.15, 0.2) is 0 Å². The molecule has 228 valence electrons. The summed E-state index contributed by atoms with van der Waals surface area (Å²) in [6, 6.07) is 0. The molecule has 0 aromatic carbocycles. The molecule has 0 saturated heterocycles. The fourth-order valence-corrected chi connectivity index (χ4v) is 5.17. The van der Waals surface area contributed by atoms with Crippen LogP contribution < -0.4 is 5.73 Å². The molecule has 0 aliphatic rings. The Morgan fingerprint density at radius 2 is 1.08 bits per heavy atom. The molecular weight excluding hydrogens is 505 g/mol. The van der Waals surface area contributed by atoms with Gasteiger partial charge in [0, 0.05) is 13.0 Å². The zero-order valence-corrected chi connectivity index (χ0v) is 25.3. The highest BCUT2D eigenvalue weighted by Gasteiger charge is 2.22. The number of esters is 1. The highest BCUT2D eigenvalue weighted by molar-refractivity contribution is 7.47. The Hall–Kier alpha value is -0.500. The van der Waals surface area contributed by atoms with Gasteiger partial charge >= 0.3 is 13.8 Å². The van der Waals surface area contributed by atoms with Crippen molar-refractivity contribution in [1.82, 2.24) is 0 Å². The van der Waals surface area contributed by atoms with E-state index in [1.165, 1.54) is 116 Å². The van der Waals surface area contributed by atoms with Crippen LogP contribution in [0, 0.1) is 0 Å². The lowest BCUT2D eigenvalue weighted by Crippen LogP contribution is -2.23. The van der Waals surface area contributed by atoms with Crippen LogP contribution in [0.15, 0.2) is 0 Å². The molecule has 0 fully saturated rings. The molecule has 0 amide bonds. The summed E-state index contributed by atoms with van der Waals surface area (Å²) in [5.74, 6) is -0.381. The quantitative estimate of drug-likeness (QED) is 0.0462. The van der Waals surface area contributed by atoms with Gasteiger partial charge in [0.2, 0.25) is 0 Å². The van der Waals surface area contributed by atoms with E-state index in [1.54, 1.807) is 0 Å². The van der Waals surface area contributed by atoms with Gasteiger partial charge in [-0.25, -0.2) is 4.57 Å². The van der Waals surface area contributed by atoms with Crippen LogP contribution in [0.3, 0.4) is 0 Å². The summed E-state index contributed by atoms with van der Waals surface area (Å²) < 4.78 is 25.6.